The number of alkyl halides is 3. The first-order valence-corrected chi connectivity index (χ1v) is 11.1. The summed E-state index contributed by atoms with van der Waals surface area (Å²) in [6.07, 6.45) is 2.63. The van der Waals surface area contributed by atoms with Crippen molar-refractivity contribution in [2.24, 2.45) is 0 Å². The number of hydrogen-bond acceptors (Lipinski definition) is 6. The van der Waals surface area contributed by atoms with Crippen LogP contribution in [0.5, 0.6) is 0 Å². The normalized spacial score (nSPS) is 18.0. The van der Waals surface area contributed by atoms with Crippen LogP contribution in [0.25, 0.3) is 11.2 Å². The molecule has 1 saturated carbocycles. The molecule has 3 N–H and O–H groups in total. The smallest absolute Gasteiger partial charge is 0.351 e. The highest BCUT2D eigenvalue weighted by atomic mass is 19.4. The van der Waals surface area contributed by atoms with E-state index in [1.54, 1.807) is 6.20 Å². The third kappa shape index (κ3) is 4.11. The molecule has 7 nitrogen and oxygen atoms in total. The van der Waals surface area contributed by atoms with Crippen molar-refractivity contribution < 1.29 is 13.2 Å². The van der Waals surface area contributed by atoms with Crippen LogP contribution in [0.4, 0.5) is 30.8 Å². The van der Waals surface area contributed by atoms with Gasteiger partial charge in [-0.05, 0) is 75.9 Å². The van der Waals surface area contributed by atoms with E-state index in [4.69, 9.17) is 9.97 Å². The van der Waals surface area contributed by atoms with Crippen LogP contribution in [0.3, 0.4) is 0 Å². The van der Waals surface area contributed by atoms with Crippen molar-refractivity contribution in [3.05, 3.63) is 35.5 Å². The fourth-order valence-corrected chi connectivity index (χ4v) is 4.38. The summed E-state index contributed by atoms with van der Waals surface area (Å²) < 4.78 is 41.5. The molecule has 0 spiro atoms. The van der Waals surface area contributed by atoms with Crippen molar-refractivity contribution >= 4 is 28.7 Å². The van der Waals surface area contributed by atoms with Crippen molar-refractivity contribution in [3.63, 3.8) is 0 Å². The summed E-state index contributed by atoms with van der Waals surface area (Å²) in [6.45, 7) is 3.25. The first-order chi connectivity index (χ1) is 15.4. The van der Waals surface area contributed by atoms with Crippen LogP contribution in [-0.4, -0.2) is 38.7 Å². The quantitative estimate of drug-likeness (QED) is 0.524. The third-order valence-corrected chi connectivity index (χ3v) is 6.33. The molecule has 0 amide bonds. The van der Waals surface area contributed by atoms with Gasteiger partial charge in [0, 0.05) is 17.8 Å². The second kappa shape index (κ2) is 8.23. The van der Waals surface area contributed by atoms with Gasteiger partial charge in [-0.25, -0.2) is 9.97 Å². The molecular weight excluding hydrogens is 419 g/mol. The maximum Gasteiger partial charge on any atom is 0.416 e. The first-order valence-electron chi connectivity index (χ1n) is 11.1. The minimum atomic E-state index is -4.37. The van der Waals surface area contributed by atoms with E-state index in [9.17, 15) is 13.2 Å². The van der Waals surface area contributed by atoms with Crippen LogP contribution < -0.4 is 16.0 Å². The van der Waals surface area contributed by atoms with Crippen molar-refractivity contribution in [1.82, 2.24) is 24.8 Å². The highest BCUT2D eigenvalue weighted by molar-refractivity contribution is 5.76. The molecule has 0 radical (unpaired) electrons. The van der Waals surface area contributed by atoms with Crippen molar-refractivity contribution in [3.8, 4) is 0 Å². The Kier molecular flexibility index (Phi) is 5.40. The van der Waals surface area contributed by atoms with Crippen LogP contribution in [0.15, 0.2) is 24.4 Å². The zero-order valence-corrected chi connectivity index (χ0v) is 17.8. The molecule has 10 heteroatoms. The Bertz CT molecular complexity index is 1110. The molecule has 1 aliphatic carbocycles. The molecule has 1 saturated heterocycles. The van der Waals surface area contributed by atoms with E-state index < -0.39 is 11.7 Å². The van der Waals surface area contributed by atoms with Gasteiger partial charge >= 0.3 is 6.18 Å². The average Bonchev–Trinajstić information content (AvgIpc) is 3.07. The number of aryl methyl sites for hydroxylation is 1. The Hall–Kier alpha value is -2.88. The molecule has 5 rings (SSSR count). The lowest BCUT2D eigenvalue weighted by Gasteiger charge is -2.27. The largest absolute Gasteiger partial charge is 0.416 e. The maximum absolute atomic E-state index is 13.1. The van der Waals surface area contributed by atoms with Crippen LogP contribution in [0, 0.1) is 6.92 Å². The molecule has 3 heterocycles. The summed E-state index contributed by atoms with van der Waals surface area (Å²) in [5, 5.41) is 9.99. The van der Waals surface area contributed by atoms with Crippen molar-refractivity contribution in [2.45, 2.75) is 57.3 Å². The van der Waals surface area contributed by atoms with E-state index in [2.05, 4.69) is 25.5 Å². The van der Waals surface area contributed by atoms with Gasteiger partial charge in [-0.3, -0.25) is 4.57 Å². The van der Waals surface area contributed by atoms with E-state index in [1.165, 1.54) is 25.5 Å². The van der Waals surface area contributed by atoms with E-state index in [0.29, 0.717) is 29.1 Å². The summed E-state index contributed by atoms with van der Waals surface area (Å²) in [6, 6.07) is 4.65. The third-order valence-electron chi connectivity index (χ3n) is 6.33. The Morgan fingerprint density at radius 2 is 1.88 bits per heavy atom. The van der Waals surface area contributed by atoms with Crippen molar-refractivity contribution in [1.29, 1.82) is 0 Å². The lowest BCUT2D eigenvalue weighted by Crippen LogP contribution is -2.30. The Balaban J connectivity index is 1.51. The Morgan fingerprint density at radius 1 is 1.09 bits per heavy atom. The van der Waals surface area contributed by atoms with E-state index >= 15 is 0 Å². The predicted molar refractivity (Wildman–Crippen MR) is 117 cm³/mol. The molecule has 0 bridgehead atoms. The Morgan fingerprint density at radius 3 is 2.53 bits per heavy atom. The molecule has 32 heavy (non-hydrogen) atoms. The molecule has 0 atom stereocenters. The number of benzene rings is 1. The molecule has 1 aromatic carbocycles. The van der Waals surface area contributed by atoms with Gasteiger partial charge in [0.15, 0.2) is 5.65 Å². The van der Waals surface area contributed by atoms with Gasteiger partial charge in [-0.2, -0.15) is 18.2 Å². The Labute approximate surface area is 183 Å². The topological polar surface area (TPSA) is 79.7 Å². The number of hydrogen-bond donors (Lipinski definition) is 3. The van der Waals surface area contributed by atoms with Crippen LogP contribution in [0.1, 0.15) is 49.3 Å². The number of rotatable bonds is 5. The number of halogens is 3. The van der Waals surface area contributed by atoms with Gasteiger partial charge < -0.3 is 16.0 Å². The fourth-order valence-electron chi connectivity index (χ4n) is 4.38. The van der Waals surface area contributed by atoms with Gasteiger partial charge in [0.2, 0.25) is 11.9 Å². The molecule has 3 aromatic rings. The second-order valence-corrected chi connectivity index (χ2v) is 8.61. The number of nitrogens with one attached hydrogen (secondary N) is 3. The van der Waals surface area contributed by atoms with Gasteiger partial charge in [-0.15, -0.1) is 0 Å². The lowest BCUT2D eigenvalue weighted by molar-refractivity contribution is -0.138. The summed E-state index contributed by atoms with van der Waals surface area (Å²) in [7, 11) is 0. The van der Waals surface area contributed by atoms with Gasteiger partial charge in [-0.1, -0.05) is 0 Å². The zero-order valence-electron chi connectivity index (χ0n) is 17.8. The van der Waals surface area contributed by atoms with Crippen LogP contribution in [0.2, 0.25) is 0 Å². The van der Waals surface area contributed by atoms with Crippen LogP contribution in [-0.2, 0) is 6.18 Å². The second-order valence-electron chi connectivity index (χ2n) is 8.61. The molecule has 2 fully saturated rings. The standard InChI is InChI=1S/C22H26F3N7/c1-13-11-15(5-6-17(13)22(23,24)25)29-21-30-18-12-27-20(28-14-3-2-4-14)31-19(18)32(21)16-7-9-26-10-8-16/h5-6,11-12,14,16,26H,2-4,7-10H2,1H3,(H,29,30)(H,27,28,31). The summed E-state index contributed by atoms with van der Waals surface area (Å²) in [5.41, 5.74) is 1.49. The highest BCUT2D eigenvalue weighted by Gasteiger charge is 2.32. The van der Waals surface area contributed by atoms with Crippen LogP contribution >= 0.6 is 0 Å². The SMILES string of the molecule is Cc1cc(Nc2nc3cnc(NC4CCC4)nc3n2C2CCNCC2)ccc1C(F)(F)F. The molecule has 0 unspecified atom stereocenters. The first kappa shape index (κ1) is 21.0. The van der Waals surface area contributed by atoms with E-state index in [0.717, 1.165) is 50.5 Å². The number of nitrogens with zero attached hydrogens (tertiary/aromatic N) is 4. The average molecular weight is 445 g/mol. The van der Waals surface area contributed by atoms with Gasteiger partial charge in [0.05, 0.1) is 11.8 Å². The minimum Gasteiger partial charge on any atom is -0.351 e. The summed E-state index contributed by atoms with van der Waals surface area (Å²) in [4.78, 5) is 13.9. The highest BCUT2D eigenvalue weighted by Crippen LogP contribution is 2.35. The number of anilines is 3. The van der Waals surface area contributed by atoms with E-state index in [-0.39, 0.29) is 11.6 Å². The number of fused-ring (bicyclic) bond motifs is 1. The van der Waals surface area contributed by atoms with E-state index in [1.807, 2.05) is 0 Å². The summed E-state index contributed by atoms with van der Waals surface area (Å²) >= 11 is 0. The minimum absolute atomic E-state index is 0.166. The predicted octanol–water partition coefficient (Wildman–Crippen LogP) is 4.79. The number of aromatic nitrogens is 4. The molecule has 2 aliphatic rings. The van der Waals surface area contributed by atoms with Gasteiger partial charge in [0.25, 0.3) is 0 Å². The summed E-state index contributed by atoms with van der Waals surface area (Å²) in [5.74, 6) is 1.16. The lowest BCUT2D eigenvalue weighted by atomic mass is 9.93. The maximum atomic E-state index is 13.1. The molecule has 1 aliphatic heterocycles. The number of piperidine rings is 1. The zero-order chi connectivity index (χ0) is 22.3. The fraction of sp³-hybridized carbons (Fsp3) is 0.500. The molecule has 2 aromatic heterocycles. The van der Waals surface area contributed by atoms with Crippen molar-refractivity contribution in [2.75, 3.05) is 23.7 Å². The van der Waals surface area contributed by atoms with Gasteiger partial charge in [0.1, 0.15) is 5.52 Å². The monoisotopic (exact) mass is 445 g/mol. The molecular formula is C22H26F3N7. The number of imidazole rings is 1. The molecule has 170 valence electrons.